The summed E-state index contributed by atoms with van der Waals surface area (Å²) >= 11 is 1.48. The molecule has 0 atom stereocenters. The predicted molar refractivity (Wildman–Crippen MR) is 95.0 cm³/mol. The number of carbonyl (C=O) groups is 1. The number of sulfonamides is 1. The van der Waals surface area contributed by atoms with Crippen LogP contribution < -0.4 is 4.72 Å². The van der Waals surface area contributed by atoms with Crippen molar-refractivity contribution in [2.24, 2.45) is 0 Å². The highest BCUT2D eigenvalue weighted by molar-refractivity contribution is 7.89. The van der Waals surface area contributed by atoms with Gasteiger partial charge in [0.15, 0.2) is 0 Å². The Morgan fingerprint density at radius 3 is 2.80 bits per heavy atom. The van der Waals surface area contributed by atoms with Gasteiger partial charge < -0.3 is 4.74 Å². The van der Waals surface area contributed by atoms with Crippen LogP contribution in [0.25, 0.3) is 0 Å². The van der Waals surface area contributed by atoms with Crippen molar-refractivity contribution in [2.75, 3.05) is 0 Å². The third kappa shape index (κ3) is 4.65. The van der Waals surface area contributed by atoms with E-state index in [1.165, 1.54) is 23.5 Å². The van der Waals surface area contributed by atoms with E-state index in [0.29, 0.717) is 5.69 Å². The van der Waals surface area contributed by atoms with E-state index in [9.17, 15) is 13.2 Å². The molecular formula is C17H20N2O4S2. The second-order valence-corrected chi connectivity index (χ2v) is 8.84. The Labute approximate surface area is 151 Å². The van der Waals surface area contributed by atoms with Gasteiger partial charge in [-0.2, -0.15) is 0 Å². The number of rotatable bonds is 6. The Hall–Kier alpha value is -1.77. The minimum absolute atomic E-state index is 0.0199. The van der Waals surface area contributed by atoms with Gasteiger partial charge in [0.05, 0.1) is 21.2 Å². The smallest absolute Gasteiger partial charge is 0.338 e. The monoisotopic (exact) mass is 380 g/mol. The molecular weight excluding hydrogens is 360 g/mol. The number of benzene rings is 1. The Morgan fingerprint density at radius 2 is 2.12 bits per heavy atom. The summed E-state index contributed by atoms with van der Waals surface area (Å²) in [6.07, 6.45) is 3.79. The van der Waals surface area contributed by atoms with Crippen LogP contribution in [0.3, 0.4) is 0 Å². The largest absolute Gasteiger partial charge is 0.456 e. The Kier molecular flexibility index (Phi) is 5.51. The van der Waals surface area contributed by atoms with Crippen molar-refractivity contribution in [3.63, 3.8) is 0 Å². The molecule has 0 radical (unpaired) electrons. The molecule has 1 aliphatic rings. The van der Waals surface area contributed by atoms with Gasteiger partial charge in [0.1, 0.15) is 6.61 Å². The van der Waals surface area contributed by atoms with Crippen LogP contribution in [-0.4, -0.2) is 25.4 Å². The van der Waals surface area contributed by atoms with Crippen LogP contribution in [0, 0.1) is 6.92 Å². The van der Waals surface area contributed by atoms with Crippen molar-refractivity contribution in [3.05, 3.63) is 45.9 Å². The maximum Gasteiger partial charge on any atom is 0.338 e. The first-order valence-corrected chi connectivity index (χ1v) is 10.5. The van der Waals surface area contributed by atoms with Gasteiger partial charge in [-0.15, -0.1) is 11.3 Å². The SMILES string of the molecule is Cc1nc(COC(=O)c2cccc(S(=O)(=O)NC3CCCC3)c2)cs1. The summed E-state index contributed by atoms with van der Waals surface area (Å²) in [5, 5.41) is 2.73. The molecule has 1 heterocycles. The van der Waals surface area contributed by atoms with Crippen LogP contribution >= 0.6 is 11.3 Å². The second-order valence-electron chi connectivity index (χ2n) is 6.06. The maximum absolute atomic E-state index is 12.5. The van der Waals surface area contributed by atoms with Crippen molar-refractivity contribution >= 4 is 27.3 Å². The molecule has 1 fully saturated rings. The number of carbonyl (C=O) groups excluding carboxylic acids is 1. The van der Waals surface area contributed by atoms with Crippen molar-refractivity contribution in [2.45, 2.75) is 50.2 Å². The molecule has 3 rings (SSSR count). The van der Waals surface area contributed by atoms with Gasteiger partial charge in [0.2, 0.25) is 10.0 Å². The first-order valence-electron chi connectivity index (χ1n) is 8.14. The van der Waals surface area contributed by atoms with E-state index in [4.69, 9.17) is 4.74 Å². The Morgan fingerprint density at radius 1 is 1.36 bits per heavy atom. The van der Waals surface area contributed by atoms with E-state index in [1.807, 2.05) is 12.3 Å². The molecule has 0 unspecified atom stereocenters. The van der Waals surface area contributed by atoms with E-state index in [0.717, 1.165) is 30.7 Å². The number of esters is 1. The number of nitrogens with zero attached hydrogens (tertiary/aromatic N) is 1. The van der Waals surface area contributed by atoms with Crippen LogP contribution in [0.1, 0.15) is 46.7 Å². The number of thiazole rings is 1. The quantitative estimate of drug-likeness (QED) is 0.779. The zero-order valence-corrected chi connectivity index (χ0v) is 15.5. The van der Waals surface area contributed by atoms with Gasteiger partial charge in [0.25, 0.3) is 0 Å². The van der Waals surface area contributed by atoms with E-state index in [1.54, 1.807) is 12.1 Å². The molecule has 1 aliphatic carbocycles. The summed E-state index contributed by atoms with van der Waals surface area (Å²) < 4.78 is 32.9. The van der Waals surface area contributed by atoms with Gasteiger partial charge in [-0.3, -0.25) is 0 Å². The normalized spacial score (nSPS) is 15.4. The molecule has 134 valence electrons. The first-order chi connectivity index (χ1) is 11.9. The zero-order valence-electron chi connectivity index (χ0n) is 13.9. The highest BCUT2D eigenvalue weighted by Gasteiger charge is 2.23. The molecule has 0 spiro atoms. The van der Waals surface area contributed by atoms with Gasteiger partial charge in [-0.1, -0.05) is 18.9 Å². The van der Waals surface area contributed by atoms with Gasteiger partial charge in [0, 0.05) is 11.4 Å². The Bertz CT molecular complexity index is 855. The number of aromatic nitrogens is 1. The molecule has 0 amide bonds. The summed E-state index contributed by atoms with van der Waals surface area (Å²) in [5.41, 5.74) is 0.892. The standard InChI is InChI=1S/C17H20N2O4S2/c1-12-18-15(11-24-12)10-23-17(20)13-5-4-8-16(9-13)25(21,22)19-14-6-2-3-7-14/h4-5,8-9,11,14,19H,2-3,6-7,10H2,1H3. The highest BCUT2D eigenvalue weighted by Crippen LogP contribution is 2.21. The number of aryl methyl sites for hydroxylation is 1. The molecule has 6 nitrogen and oxygen atoms in total. The number of hydrogen-bond acceptors (Lipinski definition) is 6. The fourth-order valence-corrected chi connectivity index (χ4v) is 4.77. The Balaban J connectivity index is 1.68. The lowest BCUT2D eigenvalue weighted by Gasteiger charge is -2.13. The summed E-state index contributed by atoms with van der Waals surface area (Å²) in [6.45, 7) is 1.95. The van der Waals surface area contributed by atoms with E-state index < -0.39 is 16.0 Å². The molecule has 25 heavy (non-hydrogen) atoms. The topological polar surface area (TPSA) is 85.4 Å². The van der Waals surface area contributed by atoms with Gasteiger partial charge >= 0.3 is 5.97 Å². The zero-order chi connectivity index (χ0) is 17.9. The van der Waals surface area contributed by atoms with E-state index in [2.05, 4.69) is 9.71 Å². The van der Waals surface area contributed by atoms with Crippen LogP contribution in [0.2, 0.25) is 0 Å². The molecule has 1 aromatic carbocycles. The first kappa shape index (κ1) is 18.0. The van der Waals surface area contributed by atoms with Crippen molar-refractivity contribution in [3.8, 4) is 0 Å². The lowest BCUT2D eigenvalue weighted by molar-refractivity contribution is 0.0468. The van der Waals surface area contributed by atoms with Gasteiger partial charge in [-0.05, 0) is 38.0 Å². The second kappa shape index (κ2) is 7.63. The average Bonchev–Trinajstić information content (AvgIpc) is 3.24. The number of hydrogen-bond donors (Lipinski definition) is 1. The van der Waals surface area contributed by atoms with E-state index in [-0.39, 0.29) is 23.1 Å². The molecule has 0 saturated heterocycles. The van der Waals surface area contributed by atoms with Crippen LogP contribution in [0.4, 0.5) is 0 Å². The fourth-order valence-electron chi connectivity index (χ4n) is 2.82. The minimum atomic E-state index is -3.63. The van der Waals surface area contributed by atoms with Gasteiger partial charge in [-0.25, -0.2) is 22.9 Å². The summed E-state index contributed by atoms with van der Waals surface area (Å²) in [7, 11) is -3.63. The third-order valence-corrected chi connectivity index (χ3v) is 6.42. The molecule has 0 aliphatic heterocycles. The molecule has 0 bridgehead atoms. The van der Waals surface area contributed by atoms with Crippen molar-refractivity contribution < 1.29 is 17.9 Å². The van der Waals surface area contributed by atoms with Crippen molar-refractivity contribution in [1.82, 2.24) is 9.71 Å². The summed E-state index contributed by atoms with van der Waals surface area (Å²) in [5.74, 6) is -0.566. The van der Waals surface area contributed by atoms with E-state index >= 15 is 0 Å². The summed E-state index contributed by atoms with van der Waals surface area (Å²) in [4.78, 5) is 16.5. The highest BCUT2D eigenvalue weighted by atomic mass is 32.2. The molecule has 1 N–H and O–H groups in total. The third-order valence-electron chi connectivity index (χ3n) is 4.07. The number of nitrogens with one attached hydrogen (secondary N) is 1. The lowest BCUT2D eigenvalue weighted by Crippen LogP contribution is -2.32. The predicted octanol–water partition coefficient (Wildman–Crippen LogP) is 3.03. The van der Waals surface area contributed by atoms with Crippen molar-refractivity contribution in [1.29, 1.82) is 0 Å². The lowest BCUT2D eigenvalue weighted by atomic mass is 10.2. The minimum Gasteiger partial charge on any atom is -0.456 e. The fraction of sp³-hybridized carbons (Fsp3) is 0.412. The molecule has 1 aromatic heterocycles. The van der Waals surface area contributed by atoms with Crippen LogP contribution in [-0.2, 0) is 21.4 Å². The molecule has 2 aromatic rings. The maximum atomic E-state index is 12.5. The number of ether oxygens (including phenoxy) is 1. The van der Waals surface area contributed by atoms with Crippen LogP contribution in [0.5, 0.6) is 0 Å². The average molecular weight is 380 g/mol. The van der Waals surface area contributed by atoms with Crippen LogP contribution in [0.15, 0.2) is 34.5 Å². The molecule has 8 heteroatoms. The summed E-state index contributed by atoms with van der Waals surface area (Å²) in [6, 6.07) is 5.91. The molecule has 1 saturated carbocycles.